The molecule has 26 heavy (non-hydrogen) atoms. The van der Waals surface area contributed by atoms with Crippen LogP contribution in [0.4, 0.5) is 0 Å². The molecule has 0 fully saturated rings. The molecule has 4 rings (SSSR count). The van der Waals surface area contributed by atoms with Gasteiger partial charge in [0, 0.05) is 26.1 Å². The molecule has 0 unspecified atom stereocenters. The monoisotopic (exact) mass is 351 g/mol. The molecule has 4 aromatic heterocycles. The minimum Gasteiger partial charge on any atom is -0.472 e. The van der Waals surface area contributed by atoms with E-state index in [4.69, 9.17) is 4.42 Å². The van der Waals surface area contributed by atoms with Crippen molar-refractivity contribution in [3.63, 3.8) is 0 Å². The Balaban J connectivity index is 1.45. The SMILES string of the molecule is Cc1c[nH]c[n+]1CCCNC(=O)c1ccnc2nc(-c3ccoc3)[nH]c12. The van der Waals surface area contributed by atoms with Crippen LogP contribution < -0.4 is 9.88 Å². The Kier molecular flexibility index (Phi) is 4.22. The van der Waals surface area contributed by atoms with E-state index in [2.05, 4.69) is 29.8 Å². The van der Waals surface area contributed by atoms with Crippen molar-refractivity contribution in [3.8, 4) is 11.4 Å². The van der Waals surface area contributed by atoms with Crippen LogP contribution in [0.25, 0.3) is 22.6 Å². The van der Waals surface area contributed by atoms with Crippen LogP contribution in [0.2, 0.25) is 0 Å². The molecule has 8 heteroatoms. The summed E-state index contributed by atoms with van der Waals surface area (Å²) >= 11 is 0. The molecule has 4 heterocycles. The number of fused-ring (bicyclic) bond motifs is 1. The lowest BCUT2D eigenvalue weighted by Gasteiger charge is -2.05. The molecule has 3 N–H and O–H groups in total. The third-order valence-electron chi connectivity index (χ3n) is 4.27. The summed E-state index contributed by atoms with van der Waals surface area (Å²) in [4.78, 5) is 27.4. The van der Waals surface area contributed by atoms with Gasteiger partial charge in [-0.05, 0) is 12.1 Å². The Bertz CT molecular complexity index is 1030. The first kappa shape index (κ1) is 16.1. The predicted molar refractivity (Wildman–Crippen MR) is 94.3 cm³/mol. The number of pyridine rings is 1. The Morgan fingerprint density at radius 3 is 3.08 bits per heavy atom. The summed E-state index contributed by atoms with van der Waals surface area (Å²) < 4.78 is 7.20. The minimum absolute atomic E-state index is 0.143. The molecular formula is C18H19N6O2+. The molecule has 1 amide bonds. The summed E-state index contributed by atoms with van der Waals surface area (Å²) in [5, 5.41) is 2.96. The number of carbonyl (C=O) groups excluding carboxylic acids is 1. The highest BCUT2D eigenvalue weighted by molar-refractivity contribution is 6.04. The van der Waals surface area contributed by atoms with Gasteiger partial charge in [0.2, 0.25) is 6.33 Å². The lowest BCUT2D eigenvalue weighted by molar-refractivity contribution is -0.701. The number of hydrogen-bond acceptors (Lipinski definition) is 4. The van der Waals surface area contributed by atoms with E-state index in [-0.39, 0.29) is 5.91 Å². The lowest BCUT2D eigenvalue weighted by Crippen LogP contribution is -2.36. The number of nitrogens with zero attached hydrogens (tertiary/aromatic N) is 3. The number of aromatic nitrogens is 5. The average Bonchev–Trinajstić information content (AvgIpc) is 3.38. The van der Waals surface area contributed by atoms with E-state index >= 15 is 0 Å². The third kappa shape index (κ3) is 3.08. The van der Waals surface area contributed by atoms with Gasteiger partial charge in [-0.1, -0.05) is 0 Å². The summed E-state index contributed by atoms with van der Waals surface area (Å²) in [5.41, 5.74) is 3.64. The first-order chi connectivity index (χ1) is 12.7. The quantitative estimate of drug-likeness (QED) is 0.365. The summed E-state index contributed by atoms with van der Waals surface area (Å²) in [6, 6.07) is 3.50. The van der Waals surface area contributed by atoms with Crippen molar-refractivity contribution in [1.82, 2.24) is 25.3 Å². The van der Waals surface area contributed by atoms with Crippen molar-refractivity contribution in [1.29, 1.82) is 0 Å². The van der Waals surface area contributed by atoms with E-state index in [1.165, 1.54) is 0 Å². The Morgan fingerprint density at radius 1 is 1.38 bits per heavy atom. The molecule has 0 atom stereocenters. The second-order valence-corrected chi connectivity index (χ2v) is 6.04. The molecule has 0 aliphatic carbocycles. The molecule has 0 aromatic carbocycles. The van der Waals surface area contributed by atoms with Crippen LogP contribution in [-0.2, 0) is 6.54 Å². The van der Waals surface area contributed by atoms with Gasteiger partial charge in [-0.15, -0.1) is 0 Å². The molecule has 0 radical (unpaired) electrons. The van der Waals surface area contributed by atoms with E-state index in [9.17, 15) is 4.79 Å². The largest absolute Gasteiger partial charge is 0.472 e. The van der Waals surface area contributed by atoms with Crippen molar-refractivity contribution in [3.05, 3.63) is 54.6 Å². The van der Waals surface area contributed by atoms with Crippen molar-refractivity contribution in [2.75, 3.05) is 6.54 Å². The predicted octanol–water partition coefficient (Wildman–Crippen LogP) is 1.96. The summed E-state index contributed by atoms with van der Waals surface area (Å²) in [6.07, 6.45) is 9.47. The maximum absolute atomic E-state index is 12.6. The van der Waals surface area contributed by atoms with Gasteiger partial charge in [0.05, 0.1) is 29.5 Å². The number of aromatic amines is 2. The molecule has 132 valence electrons. The van der Waals surface area contributed by atoms with Crippen molar-refractivity contribution < 1.29 is 13.8 Å². The number of nitrogens with one attached hydrogen (secondary N) is 3. The van der Waals surface area contributed by atoms with Gasteiger partial charge < -0.3 is 14.7 Å². The van der Waals surface area contributed by atoms with E-state index in [1.54, 1.807) is 30.9 Å². The normalized spacial score (nSPS) is 11.1. The molecule has 0 saturated carbocycles. The zero-order valence-electron chi connectivity index (χ0n) is 14.3. The maximum atomic E-state index is 12.6. The summed E-state index contributed by atoms with van der Waals surface area (Å²) in [7, 11) is 0. The Labute approximate surface area is 149 Å². The number of carbonyl (C=O) groups is 1. The lowest BCUT2D eigenvalue weighted by atomic mass is 10.2. The molecule has 0 saturated heterocycles. The second-order valence-electron chi connectivity index (χ2n) is 6.04. The van der Waals surface area contributed by atoms with Crippen molar-refractivity contribution >= 4 is 17.1 Å². The van der Waals surface area contributed by atoms with Gasteiger partial charge in [0.25, 0.3) is 5.91 Å². The number of rotatable bonds is 6. The number of amides is 1. The van der Waals surface area contributed by atoms with Crippen molar-refractivity contribution in [2.45, 2.75) is 19.9 Å². The van der Waals surface area contributed by atoms with Gasteiger partial charge in [-0.25, -0.2) is 19.5 Å². The highest BCUT2D eigenvalue weighted by atomic mass is 16.3. The van der Waals surface area contributed by atoms with E-state index < -0.39 is 0 Å². The van der Waals surface area contributed by atoms with Gasteiger partial charge in [-0.2, -0.15) is 0 Å². The van der Waals surface area contributed by atoms with Crippen LogP contribution in [0.3, 0.4) is 0 Å². The number of furan rings is 1. The number of imidazole rings is 2. The average molecular weight is 351 g/mol. The van der Waals surface area contributed by atoms with Crippen LogP contribution in [-0.4, -0.2) is 32.4 Å². The van der Waals surface area contributed by atoms with Gasteiger partial charge in [0.1, 0.15) is 24.0 Å². The molecular weight excluding hydrogens is 332 g/mol. The fraction of sp³-hybridized carbons (Fsp3) is 0.222. The zero-order chi connectivity index (χ0) is 17.9. The molecule has 0 bridgehead atoms. The van der Waals surface area contributed by atoms with Gasteiger partial charge in [0.15, 0.2) is 5.65 Å². The molecule has 4 aromatic rings. The highest BCUT2D eigenvalue weighted by Gasteiger charge is 2.15. The minimum atomic E-state index is -0.143. The smallest absolute Gasteiger partial charge is 0.253 e. The van der Waals surface area contributed by atoms with Gasteiger partial charge >= 0.3 is 0 Å². The van der Waals surface area contributed by atoms with E-state index in [0.717, 1.165) is 24.2 Å². The molecule has 8 nitrogen and oxygen atoms in total. The third-order valence-corrected chi connectivity index (χ3v) is 4.27. The first-order valence-electron chi connectivity index (χ1n) is 8.40. The molecule has 0 spiro atoms. The fourth-order valence-electron chi connectivity index (χ4n) is 2.86. The fourth-order valence-corrected chi connectivity index (χ4v) is 2.86. The maximum Gasteiger partial charge on any atom is 0.253 e. The summed E-state index contributed by atoms with van der Waals surface area (Å²) in [5.74, 6) is 0.483. The van der Waals surface area contributed by atoms with Gasteiger partial charge in [-0.3, -0.25) is 4.79 Å². The second kappa shape index (κ2) is 6.83. The van der Waals surface area contributed by atoms with E-state index in [0.29, 0.717) is 29.1 Å². The molecule has 0 aliphatic rings. The van der Waals surface area contributed by atoms with Crippen LogP contribution in [0.1, 0.15) is 22.5 Å². The van der Waals surface area contributed by atoms with Crippen LogP contribution in [0.5, 0.6) is 0 Å². The Hall–Kier alpha value is -3.42. The number of H-pyrrole nitrogens is 2. The van der Waals surface area contributed by atoms with Crippen molar-refractivity contribution in [2.24, 2.45) is 0 Å². The highest BCUT2D eigenvalue weighted by Crippen LogP contribution is 2.21. The van der Waals surface area contributed by atoms with Crippen LogP contribution >= 0.6 is 0 Å². The Morgan fingerprint density at radius 2 is 2.31 bits per heavy atom. The van der Waals surface area contributed by atoms with Crippen LogP contribution in [0.15, 0.2) is 47.8 Å². The van der Waals surface area contributed by atoms with Crippen LogP contribution in [0, 0.1) is 6.92 Å². The standard InChI is InChI=1S/C18H18N6O2/c1-12-9-19-11-24(12)7-2-5-21-18(25)14-3-6-20-17-15(14)22-16(23-17)13-4-8-26-10-13/h3-4,6,8-11H,2,5,7H2,1H3,(H2,20,21,22,23,25)/p+1. The first-order valence-corrected chi connectivity index (χ1v) is 8.40. The topological polar surface area (TPSA) is 103 Å². The zero-order valence-corrected chi connectivity index (χ0v) is 14.3. The van der Waals surface area contributed by atoms with E-state index in [1.807, 2.05) is 19.4 Å². The summed E-state index contributed by atoms with van der Waals surface area (Å²) in [6.45, 7) is 3.47. The molecule has 0 aliphatic heterocycles. The number of aryl methyl sites for hydroxylation is 2. The number of hydrogen-bond donors (Lipinski definition) is 3.